The zero-order valence-corrected chi connectivity index (χ0v) is 11.1. The van der Waals surface area contributed by atoms with Crippen LogP contribution in [0.15, 0.2) is 6.33 Å². The monoisotopic (exact) mass is 246 g/mol. The van der Waals surface area contributed by atoms with Crippen LogP contribution < -0.4 is 10.6 Å². The molecule has 2 atom stereocenters. The molecule has 2 unspecified atom stereocenters. The number of hydrogen-bond donors (Lipinski definition) is 1. The Morgan fingerprint density at radius 1 is 1.33 bits per heavy atom. The number of hydrogen-bond acceptors (Lipinski definition) is 4. The van der Waals surface area contributed by atoms with Gasteiger partial charge in [-0.15, -0.1) is 0 Å². The summed E-state index contributed by atoms with van der Waals surface area (Å²) < 4.78 is 0. The van der Waals surface area contributed by atoms with Gasteiger partial charge < -0.3 is 10.6 Å². The van der Waals surface area contributed by atoms with Crippen LogP contribution in [-0.2, 0) is 12.8 Å². The van der Waals surface area contributed by atoms with Gasteiger partial charge in [-0.1, -0.05) is 0 Å². The number of nitrogens with zero attached hydrogens (tertiary/aromatic N) is 3. The topological polar surface area (TPSA) is 55.0 Å². The lowest BCUT2D eigenvalue weighted by Gasteiger charge is -2.27. The van der Waals surface area contributed by atoms with Gasteiger partial charge >= 0.3 is 0 Å². The first-order chi connectivity index (χ1) is 8.79. The zero-order valence-electron chi connectivity index (χ0n) is 11.1. The molecule has 0 aromatic carbocycles. The van der Waals surface area contributed by atoms with E-state index in [2.05, 4.69) is 21.8 Å². The van der Waals surface area contributed by atoms with Crippen LogP contribution in [0.3, 0.4) is 0 Å². The zero-order chi connectivity index (χ0) is 12.5. The van der Waals surface area contributed by atoms with Crippen LogP contribution in [-0.4, -0.2) is 29.1 Å². The minimum absolute atomic E-state index is 0.555. The summed E-state index contributed by atoms with van der Waals surface area (Å²) in [5.41, 5.74) is 8.48. The van der Waals surface area contributed by atoms with Crippen LogP contribution in [0.1, 0.15) is 37.4 Å². The Labute approximate surface area is 109 Å². The van der Waals surface area contributed by atoms with Gasteiger partial charge in [-0.25, -0.2) is 9.97 Å². The molecule has 1 aliphatic heterocycles. The van der Waals surface area contributed by atoms with Crippen molar-refractivity contribution in [1.29, 1.82) is 0 Å². The van der Waals surface area contributed by atoms with E-state index >= 15 is 0 Å². The molecule has 2 N–H and O–H groups in total. The van der Waals surface area contributed by atoms with Gasteiger partial charge in [0.1, 0.15) is 12.1 Å². The van der Waals surface area contributed by atoms with Crippen LogP contribution in [0.2, 0.25) is 0 Å². The van der Waals surface area contributed by atoms with Crippen LogP contribution in [0.4, 0.5) is 5.82 Å². The number of anilines is 1. The third-order valence-electron chi connectivity index (χ3n) is 4.37. The van der Waals surface area contributed by atoms with E-state index in [0.717, 1.165) is 25.9 Å². The number of aromatic nitrogens is 2. The molecule has 0 amide bonds. The highest BCUT2D eigenvalue weighted by molar-refractivity contribution is 5.51. The van der Waals surface area contributed by atoms with E-state index in [-0.39, 0.29) is 0 Å². The van der Waals surface area contributed by atoms with E-state index in [0.29, 0.717) is 12.0 Å². The molecule has 1 aliphatic carbocycles. The lowest BCUT2D eigenvalue weighted by Crippen LogP contribution is -2.30. The van der Waals surface area contributed by atoms with Crippen molar-refractivity contribution < 1.29 is 0 Å². The molecule has 1 fully saturated rings. The minimum atomic E-state index is 0.555. The van der Waals surface area contributed by atoms with E-state index < -0.39 is 0 Å². The van der Waals surface area contributed by atoms with E-state index in [4.69, 9.17) is 5.73 Å². The van der Waals surface area contributed by atoms with Crippen molar-refractivity contribution in [2.24, 2.45) is 11.7 Å². The van der Waals surface area contributed by atoms with Crippen LogP contribution in [0, 0.1) is 5.92 Å². The SMILES string of the molecule is CC1CC(CN)CN1c1ncnc2c1CCCC2. The highest BCUT2D eigenvalue weighted by atomic mass is 15.2. The minimum Gasteiger partial charge on any atom is -0.353 e. The van der Waals surface area contributed by atoms with E-state index in [1.807, 2.05) is 0 Å². The molecular weight excluding hydrogens is 224 g/mol. The first kappa shape index (κ1) is 11.9. The summed E-state index contributed by atoms with van der Waals surface area (Å²) in [5.74, 6) is 1.80. The summed E-state index contributed by atoms with van der Waals surface area (Å²) in [6, 6.07) is 0.555. The Bertz CT molecular complexity index is 432. The molecular formula is C14H22N4. The normalized spacial score (nSPS) is 27.3. The lowest BCUT2D eigenvalue weighted by atomic mass is 9.96. The van der Waals surface area contributed by atoms with Crippen LogP contribution in [0.25, 0.3) is 0 Å². The number of nitrogens with two attached hydrogens (primary N) is 1. The van der Waals surface area contributed by atoms with Crippen LogP contribution >= 0.6 is 0 Å². The third kappa shape index (κ3) is 1.99. The smallest absolute Gasteiger partial charge is 0.135 e. The molecule has 0 saturated carbocycles. The van der Waals surface area contributed by atoms with Crippen molar-refractivity contribution in [3.05, 3.63) is 17.6 Å². The highest BCUT2D eigenvalue weighted by Gasteiger charge is 2.31. The largest absolute Gasteiger partial charge is 0.353 e. The van der Waals surface area contributed by atoms with Gasteiger partial charge in [0.15, 0.2) is 0 Å². The Balaban J connectivity index is 1.92. The number of rotatable bonds is 2. The second-order valence-electron chi connectivity index (χ2n) is 5.67. The Hall–Kier alpha value is -1.16. The third-order valence-corrected chi connectivity index (χ3v) is 4.37. The van der Waals surface area contributed by atoms with E-state index in [1.165, 1.54) is 36.3 Å². The van der Waals surface area contributed by atoms with Gasteiger partial charge in [-0.3, -0.25) is 0 Å². The molecule has 98 valence electrons. The summed E-state index contributed by atoms with van der Waals surface area (Å²) in [4.78, 5) is 11.5. The molecule has 0 bridgehead atoms. The fourth-order valence-corrected chi connectivity index (χ4v) is 3.36. The summed E-state index contributed by atoms with van der Waals surface area (Å²) in [7, 11) is 0. The number of fused-ring (bicyclic) bond motifs is 1. The fraction of sp³-hybridized carbons (Fsp3) is 0.714. The lowest BCUT2D eigenvalue weighted by molar-refractivity contribution is 0.579. The Morgan fingerprint density at radius 3 is 2.94 bits per heavy atom. The summed E-state index contributed by atoms with van der Waals surface area (Å²) in [5, 5.41) is 0. The van der Waals surface area contributed by atoms with Crippen molar-refractivity contribution in [1.82, 2.24) is 9.97 Å². The van der Waals surface area contributed by atoms with Gasteiger partial charge in [0.25, 0.3) is 0 Å². The predicted octanol–water partition coefficient (Wildman–Crippen LogP) is 1.53. The molecule has 2 heterocycles. The van der Waals surface area contributed by atoms with Crippen molar-refractivity contribution in [3.63, 3.8) is 0 Å². The molecule has 1 saturated heterocycles. The molecule has 18 heavy (non-hydrogen) atoms. The van der Waals surface area contributed by atoms with Gasteiger partial charge in [0.2, 0.25) is 0 Å². The molecule has 3 rings (SSSR count). The molecule has 4 heteroatoms. The first-order valence-electron chi connectivity index (χ1n) is 7.09. The fourth-order valence-electron chi connectivity index (χ4n) is 3.36. The Kier molecular flexibility index (Phi) is 3.20. The van der Waals surface area contributed by atoms with E-state index in [9.17, 15) is 0 Å². The summed E-state index contributed by atoms with van der Waals surface area (Å²) in [6.07, 6.45) is 7.73. The Morgan fingerprint density at radius 2 is 2.17 bits per heavy atom. The van der Waals surface area contributed by atoms with Gasteiger partial charge in [0, 0.05) is 23.8 Å². The molecule has 1 aromatic rings. The molecule has 1 aromatic heterocycles. The van der Waals surface area contributed by atoms with Gasteiger partial charge in [0.05, 0.1) is 0 Å². The van der Waals surface area contributed by atoms with Gasteiger partial charge in [-0.2, -0.15) is 0 Å². The van der Waals surface area contributed by atoms with E-state index in [1.54, 1.807) is 6.33 Å². The first-order valence-corrected chi connectivity index (χ1v) is 7.09. The maximum absolute atomic E-state index is 5.81. The van der Waals surface area contributed by atoms with Crippen molar-refractivity contribution in [2.45, 2.75) is 45.1 Å². The second kappa shape index (κ2) is 4.84. The van der Waals surface area contributed by atoms with Crippen LogP contribution in [0.5, 0.6) is 0 Å². The highest BCUT2D eigenvalue weighted by Crippen LogP contribution is 2.33. The molecule has 0 spiro atoms. The maximum atomic E-state index is 5.81. The average molecular weight is 246 g/mol. The average Bonchev–Trinajstić information content (AvgIpc) is 2.79. The number of aryl methyl sites for hydroxylation is 1. The molecule has 0 radical (unpaired) electrons. The molecule has 4 nitrogen and oxygen atoms in total. The quantitative estimate of drug-likeness (QED) is 0.860. The van der Waals surface area contributed by atoms with Gasteiger partial charge in [-0.05, 0) is 51.5 Å². The molecule has 2 aliphatic rings. The van der Waals surface area contributed by atoms with Crippen molar-refractivity contribution in [2.75, 3.05) is 18.0 Å². The van der Waals surface area contributed by atoms with Crippen molar-refractivity contribution >= 4 is 5.82 Å². The second-order valence-corrected chi connectivity index (χ2v) is 5.67. The maximum Gasteiger partial charge on any atom is 0.135 e. The summed E-state index contributed by atoms with van der Waals surface area (Å²) in [6.45, 7) is 4.13. The predicted molar refractivity (Wildman–Crippen MR) is 72.6 cm³/mol. The summed E-state index contributed by atoms with van der Waals surface area (Å²) >= 11 is 0. The standard InChI is InChI=1S/C14H22N4/c1-10-6-11(7-15)8-18(10)14-12-4-2-3-5-13(12)16-9-17-14/h9-11H,2-8,15H2,1H3. The van der Waals surface area contributed by atoms with Crippen molar-refractivity contribution in [3.8, 4) is 0 Å².